The van der Waals surface area contributed by atoms with Crippen molar-refractivity contribution in [3.05, 3.63) is 113 Å². The minimum atomic E-state index is -1.49. The first-order chi connectivity index (χ1) is 26.5. The second-order valence-electron chi connectivity index (χ2n) is 15.4. The van der Waals surface area contributed by atoms with Crippen LogP contribution in [0.15, 0.2) is 84.9 Å². The molecule has 3 saturated heterocycles. The summed E-state index contributed by atoms with van der Waals surface area (Å²) in [4.78, 5) is 65.2. The molecule has 13 heteroatoms. The number of amides is 3. The summed E-state index contributed by atoms with van der Waals surface area (Å²) in [7, 11) is 4.96. The lowest BCUT2D eigenvalue weighted by atomic mass is 9.62. The summed E-state index contributed by atoms with van der Waals surface area (Å²) in [6.07, 6.45) is 1.37. The standard InChI is InChI=1S/C42H46N4O9/c1-44(2)33(48)18-17-26-13-15-28(16-14-26)25-46-36-39(50)52-32-24-42(36,40(51)45(3)31(38(49)43-19-20-47)21-27-9-5-4-6-10-27)37(55-46)35-34(32)53-41(54-35)22-29-11-7-8-12-30(29)23-41/h4-18,31-32,34-37,47H,19-25H2,1-3H3,(H,43,49). The summed E-state index contributed by atoms with van der Waals surface area (Å²) in [6, 6.07) is 22.8. The molecule has 0 aromatic heterocycles. The molecule has 13 nitrogen and oxygen atoms in total. The van der Waals surface area contributed by atoms with Crippen LogP contribution in [0.1, 0.15) is 34.2 Å². The van der Waals surface area contributed by atoms with Gasteiger partial charge in [-0.05, 0) is 33.9 Å². The number of esters is 1. The number of aliphatic hydroxyl groups excluding tert-OH is 1. The lowest BCUT2D eigenvalue weighted by Gasteiger charge is -2.50. The summed E-state index contributed by atoms with van der Waals surface area (Å²) in [6.45, 7) is -0.100. The molecular weight excluding hydrogens is 704 g/mol. The van der Waals surface area contributed by atoms with Gasteiger partial charge >= 0.3 is 5.97 Å². The van der Waals surface area contributed by atoms with Crippen LogP contribution in [0.4, 0.5) is 0 Å². The van der Waals surface area contributed by atoms with E-state index in [9.17, 15) is 19.5 Å². The molecule has 288 valence electrons. The smallest absolute Gasteiger partial charge is 0.327 e. The van der Waals surface area contributed by atoms with E-state index in [1.54, 1.807) is 27.2 Å². The fourth-order valence-corrected chi connectivity index (χ4v) is 8.98. The predicted octanol–water partition coefficient (Wildman–Crippen LogP) is 2.05. The van der Waals surface area contributed by atoms with E-state index in [0.717, 1.165) is 27.8 Å². The Morgan fingerprint density at radius 1 is 0.927 bits per heavy atom. The van der Waals surface area contributed by atoms with Crippen molar-refractivity contribution in [1.29, 1.82) is 0 Å². The summed E-state index contributed by atoms with van der Waals surface area (Å²) >= 11 is 0. The molecule has 3 aromatic rings. The molecule has 8 rings (SSSR count). The third kappa shape index (κ3) is 6.63. The minimum absolute atomic E-state index is 0.0216. The minimum Gasteiger partial charge on any atom is -0.458 e. The molecule has 2 aliphatic carbocycles. The van der Waals surface area contributed by atoms with Gasteiger partial charge in [-0.15, -0.1) is 0 Å². The number of aliphatic hydroxyl groups is 1. The van der Waals surface area contributed by atoms with Crippen LogP contribution in [0.2, 0.25) is 0 Å². The second-order valence-corrected chi connectivity index (χ2v) is 15.4. The molecule has 2 N–H and O–H groups in total. The molecule has 0 radical (unpaired) electrons. The Morgan fingerprint density at radius 3 is 2.27 bits per heavy atom. The van der Waals surface area contributed by atoms with Gasteiger partial charge < -0.3 is 34.4 Å². The number of hydroxylamine groups is 2. The molecule has 7 unspecified atom stereocenters. The first-order valence-corrected chi connectivity index (χ1v) is 18.8. The normalized spacial score (nSPS) is 27.7. The predicted molar refractivity (Wildman–Crippen MR) is 198 cm³/mol. The fourth-order valence-electron chi connectivity index (χ4n) is 8.98. The van der Waals surface area contributed by atoms with Gasteiger partial charge in [-0.2, -0.15) is 5.06 Å². The quantitative estimate of drug-likeness (QED) is 0.221. The van der Waals surface area contributed by atoms with Gasteiger partial charge in [-0.1, -0.05) is 78.9 Å². The highest BCUT2D eigenvalue weighted by atomic mass is 16.8. The number of carbonyl (C=O) groups excluding carboxylic acids is 4. The highest BCUT2D eigenvalue weighted by Gasteiger charge is 2.77. The molecule has 7 atom stereocenters. The van der Waals surface area contributed by atoms with Crippen LogP contribution in [0.5, 0.6) is 0 Å². The van der Waals surface area contributed by atoms with Gasteiger partial charge in [0.15, 0.2) is 11.8 Å². The van der Waals surface area contributed by atoms with Crippen molar-refractivity contribution in [2.75, 3.05) is 34.3 Å². The van der Waals surface area contributed by atoms with E-state index < -0.39 is 65.5 Å². The molecule has 5 aliphatic rings. The van der Waals surface area contributed by atoms with Crippen molar-refractivity contribution in [2.24, 2.45) is 5.41 Å². The number of hydrogen-bond acceptors (Lipinski definition) is 10. The maximum absolute atomic E-state index is 15.4. The molecule has 2 bridgehead atoms. The van der Waals surface area contributed by atoms with Crippen LogP contribution in [-0.2, 0) is 64.0 Å². The fraction of sp³-hybridized carbons (Fsp3) is 0.429. The van der Waals surface area contributed by atoms with Crippen molar-refractivity contribution >= 4 is 29.8 Å². The van der Waals surface area contributed by atoms with Crippen LogP contribution in [0, 0.1) is 5.41 Å². The maximum Gasteiger partial charge on any atom is 0.327 e. The molecule has 3 amide bonds. The molecular formula is C42H46N4O9. The lowest BCUT2D eigenvalue weighted by Crippen LogP contribution is -2.70. The number of nitrogens with one attached hydrogen (secondary N) is 1. The van der Waals surface area contributed by atoms with Gasteiger partial charge in [0.05, 0.1) is 13.2 Å². The van der Waals surface area contributed by atoms with Gasteiger partial charge in [0.25, 0.3) is 0 Å². The highest BCUT2D eigenvalue weighted by Crippen LogP contribution is 2.59. The van der Waals surface area contributed by atoms with Crippen LogP contribution >= 0.6 is 0 Å². The topological polar surface area (TPSA) is 147 Å². The van der Waals surface area contributed by atoms with Gasteiger partial charge in [0.2, 0.25) is 17.7 Å². The van der Waals surface area contributed by atoms with E-state index in [4.69, 9.17) is 19.0 Å². The van der Waals surface area contributed by atoms with Crippen molar-refractivity contribution in [3.8, 4) is 0 Å². The van der Waals surface area contributed by atoms with E-state index in [1.807, 2.05) is 66.7 Å². The van der Waals surface area contributed by atoms with Crippen molar-refractivity contribution in [1.82, 2.24) is 20.2 Å². The Hall–Kier alpha value is -4.92. The number of benzene rings is 3. The first-order valence-electron chi connectivity index (χ1n) is 18.8. The summed E-state index contributed by atoms with van der Waals surface area (Å²) in [5.74, 6) is -2.62. The number of hydrogen-bond donors (Lipinski definition) is 2. The number of likely N-dealkylation sites (N-methyl/N-ethyl adjacent to an activating group) is 2. The van der Waals surface area contributed by atoms with E-state index >= 15 is 4.79 Å². The zero-order valence-electron chi connectivity index (χ0n) is 31.1. The number of carbonyl (C=O) groups is 4. The number of nitrogens with zero attached hydrogens (tertiary/aromatic N) is 3. The Balaban J connectivity index is 1.14. The summed E-state index contributed by atoms with van der Waals surface area (Å²) in [5.41, 5.74) is 3.19. The van der Waals surface area contributed by atoms with Gasteiger partial charge in [-0.3, -0.25) is 24.0 Å². The molecule has 55 heavy (non-hydrogen) atoms. The van der Waals surface area contributed by atoms with Crippen molar-refractivity contribution < 1.29 is 43.3 Å². The monoisotopic (exact) mass is 750 g/mol. The third-order valence-electron chi connectivity index (χ3n) is 11.6. The maximum atomic E-state index is 15.4. The number of ether oxygens (including phenoxy) is 3. The van der Waals surface area contributed by atoms with Gasteiger partial charge in [0.1, 0.15) is 35.9 Å². The summed E-state index contributed by atoms with van der Waals surface area (Å²) in [5, 5.41) is 13.8. The zero-order valence-corrected chi connectivity index (χ0v) is 31.1. The Labute approximate surface area is 319 Å². The lowest BCUT2D eigenvalue weighted by molar-refractivity contribution is -0.218. The van der Waals surface area contributed by atoms with E-state index in [-0.39, 0.29) is 38.4 Å². The number of rotatable bonds is 11. The first kappa shape index (κ1) is 37.0. The van der Waals surface area contributed by atoms with Gasteiger partial charge in [-0.25, -0.2) is 0 Å². The molecule has 3 aromatic carbocycles. The average molecular weight is 751 g/mol. The molecule has 1 spiro atoms. The van der Waals surface area contributed by atoms with E-state index in [0.29, 0.717) is 12.8 Å². The SMILES string of the molecule is CN(C)C(=O)C=Cc1ccc(CN2OC3C4OC5(Cc6ccccc6C5)OC4C4CC3(C(=O)N(C)C(Cc3ccccc3)C(=O)NCCO)C2C(=O)O4)cc1. The van der Waals surface area contributed by atoms with Crippen molar-refractivity contribution in [3.63, 3.8) is 0 Å². The van der Waals surface area contributed by atoms with E-state index in [2.05, 4.69) is 17.4 Å². The average Bonchev–Trinajstić information content (AvgIpc) is 3.86. The molecule has 4 fully saturated rings. The van der Waals surface area contributed by atoms with Gasteiger partial charge in [0, 0.05) is 59.4 Å². The van der Waals surface area contributed by atoms with E-state index in [1.165, 1.54) is 20.9 Å². The van der Waals surface area contributed by atoms with Crippen LogP contribution in [0.3, 0.4) is 0 Å². The highest BCUT2D eigenvalue weighted by molar-refractivity contribution is 5.96. The third-order valence-corrected chi connectivity index (χ3v) is 11.6. The Kier molecular flexibility index (Phi) is 9.85. The Bertz CT molecular complexity index is 1960. The van der Waals surface area contributed by atoms with Crippen molar-refractivity contribution in [2.45, 2.75) is 74.5 Å². The summed E-state index contributed by atoms with van der Waals surface area (Å²) < 4.78 is 19.8. The molecule has 3 aliphatic heterocycles. The van der Waals surface area contributed by atoms with Crippen LogP contribution in [-0.4, -0.2) is 120 Å². The molecule has 1 saturated carbocycles. The van der Waals surface area contributed by atoms with Crippen LogP contribution in [0.25, 0.3) is 6.08 Å². The second kappa shape index (κ2) is 14.6. The Morgan fingerprint density at radius 2 is 1.60 bits per heavy atom. The largest absolute Gasteiger partial charge is 0.458 e. The zero-order chi connectivity index (χ0) is 38.5. The van der Waals surface area contributed by atoms with Crippen LogP contribution < -0.4 is 5.32 Å². The molecule has 3 heterocycles. The number of fused-ring (bicyclic) bond motifs is 5.